The number of hydrogen-bond donors (Lipinski definition) is 1. The summed E-state index contributed by atoms with van der Waals surface area (Å²) in [6.07, 6.45) is 2.26. The second-order valence-corrected chi connectivity index (χ2v) is 5.07. The standard InChI is InChI=1S/C16H25NO2/c1-17(2)12-14-7-4-5-10-16(14,18)13-8-6-9-15(11-13)19-3/h6,8-9,11,14,18H,4-5,7,10,12H2,1-3H3/t14-,16+/m0/s1/i1D3,2D3,3D3,18D. The molecular formula is C16H25NO2. The second-order valence-electron chi connectivity index (χ2n) is 5.07. The molecule has 0 unspecified atom stereocenters. The average Bonchev–Trinajstić information content (AvgIpc) is 2.56. The molecule has 0 aromatic heterocycles. The first-order valence-corrected chi connectivity index (χ1v) is 6.41. The van der Waals surface area contributed by atoms with E-state index < -0.39 is 32.5 Å². The van der Waals surface area contributed by atoms with E-state index >= 15 is 0 Å². The number of aliphatic hydroxyl groups is 1. The summed E-state index contributed by atoms with van der Waals surface area (Å²) in [5.74, 6) is -0.538. The zero-order chi connectivity index (χ0) is 22.1. The van der Waals surface area contributed by atoms with E-state index in [0.717, 1.165) is 6.42 Å². The summed E-state index contributed by atoms with van der Waals surface area (Å²) in [7, 11) is -2.65. The van der Waals surface area contributed by atoms with Gasteiger partial charge in [-0.05, 0) is 44.5 Å². The Morgan fingerprint density at radius 2 is 2.47 bits per heavy atom. The van der Waals surface area contributed by atoms with Crippen LogP contribution in [0.1, 0.15) is 43.6 Å². The maximum atomic E-state index is 7.77. The van der Waals surface area contributed by atoms with Crippen LogP contribution in [0.3, 0.4) is 0 Å². The van der Waals surface area contributed by atoms with E-state index in [2.05, 4.69) is 0 Å². The van der Waals surface area contributed by atoms with Crippen molar-refractivity contribution in [1.82, 2.24) is 4.90 Å². The highest BCUT2D eigenvalue weighted by atomic mass is 16.5. The Balaban J connectivity index is 2.44. The molecule has 0 radical (unpaired) electrons. The van der Waals surface area contributed by atoms with Gasteiger partial charge in [0.2, 0.25) is 1.43 Å². The van der Waals surface area contributed by atoms with Crippen LogP contribution >= 0.6 is 0 Å². The first-order chi connectivity index (χ1) is 13.2. The lowest BCUT2D eigenvalue weighted by Crippen LogP contribution is -2.43. The topological polar surface area (TPSA) is 32.7 Å². The number of nitrogens with zero attached hydrogens (tertiary/aromatic N) is 1. The highest BCUT2D eigenvalue weighted by Gasteiger charge is 2.40. The Morgan fingerprint density at radius 3 is 3.26 bits per heavy atom. The normalized spacial score (nSPS) is 37.2. The Bertz CT molecular complexity index is 674. The summed E-state index contributed by atoms with van der Waals surface area (Å²) < 4.78 is 80.2. The van der Waals surface area contributed by atoms with E-state index in [1.54, 1.807) is 12.1 Å². The Kier molecular flexibility index (Phi) is 1.92. The van der Waals surface area contributed by atoms with Gasteiger partial charge in [-0.3, -0.25) is 0 Å². The van der Waals surface area contributed by atoms with Crippen LogP contribution in [-0.4, -0.2) is 39.0 Å². The molecule has 19 heavy (non-hydrogen) atoms. The molecule has 3 nitrogen and oxygen atoms in total. The monoisotopic (exact) mass is 273 g/mol. The molecule has 2 atom stereocenters. The molecule has 0 aliphatic heterocycles. The van der Waals surface area contributed by atoms with Gasteiger partial charge >= 0.3 is 0 Å². The Labute approximate surface area is 130 Å². The minimum absolute atomic E-state index is 0.0618. The summed E-state index contributed by atoms with van der Waals surface area (Å²) in [5, 5.41) is 5.15. The minimum atomic E-state index is -2.84. The van der Waals surface area contributed by atoms with Crippen LogP contribution in [0.2, 0.25) is 0 Å². The molecule has 0 heterocycles. The molecule has 1 N–H and O–H groups in total. The second kappa shape index (κ2) is 5.93. The van der Waals surface area contributed by atoms with Crippen molar-refractivity contribution in [2.75, 3.05) is 27.5 Å². The zero-order valence-electron chi connectivity index (χ0n) is 20.7. The minimum Gasteiger partial charge on any atom is -0.497 e. The van der Waals surface area contributed by atoms with Gasteiger partial charge in [0.15, 0.2) is 0 Å². The Morgan fingerprint density at radius 1 is 1.53 bits per heavy atom. The zero-order valence-corrected chi connectivity index (χ0v) is 10.7. The molecule has 1 aromatic carbocycles. The van der Waals surface area contributed by atoms with Crippen molar-refractivity contribution in [2.45, 2.75) is 31.3 Å². The van der Waals surface area contributed by atoms with Crippen LogP contribution in [0.25, 0.3) is 0 Å². The van der Waals surface area contributed by atoms with Gasteiger partial charge in [-0.1, -0.05) is 25.0 Å². The number of hydrogen-bond acceptors (Lipinski definition) is 3. The molecule has 1 aliphatic carbocycles. The molecule has 1 aliphatic rings. The fourth-order valence-corrected chi connectivity index (χ4v) is 2.88. The van der Waals surface area contributed by atoms with Crippen LogP contribution in [0, 0.1) is 5.92 Å². The predicted molar refractivity (Wildman–Crippen MR) is 77.4 cm³/mol. The molecule has 2 rings (SSSR count). The third-order valence-electron chi connectivity index (χ3n) is 3.85. The number of rotatable bonds is 5. The van der Waals surface area contributed by atoms with Gasteiger partial charge in [0.25, 0.3) is 0 Å². The van der Waals surface area contributed by atoms with Gasteiger partial charge in [0.1, 0.15) is 5.75 Å². The van der Waals surface area contributed by atoms with Crippen molar-refractivity contribution in [1.29, 1.82) is 1.43 Å². The fourth-order valence-electron chi connectivity index (χ4n) is 2.88. The van der Waals surface area contributed by atoms with Crippen molar-refractivity contribution in [3.8, 4) is 5.75 Å². The first-order valence-electron chi connectivity index (χ1n) is 11.3. The van der Waals surface area contributed by atoms with E-state index in [1.165, 1.54) is 12.1 Å². The summed E-state index contributed by atoms with van der Waals surface area (Å²) in [4.78, 5) is 0.479. The van der Waals surface area contributed by atoms with E-state index in [1.807, 2.05) is 0 Å². The van der Waals surface area contributed by atoms with E-state index in [9.17, 15) is 0 Å². The van der Waals surface area contributed by atoms with Crippen molar-refractivity contribution >= 4 is 0 Å². The van der Waals surface area contributed by atoms with Crippen molar-refractivity contribution < 1.29 is 22.2 Å². The lowest BCUT2D eigenvalue weighted by molar-refractivity contribution is -0.0619. The maximum Gasteiger partial charge on any atom is 0.211 e. The SMILES string of the molecule is [2H]O[C@@]1(c2cccc(OC([2H])([2H])[2H])c2)CCCC[C@H]1CN(C([2H])([2H])[2H])C([2H])([2H])[2H]. The quantitative estimate of drug-likeness (QED) is 0.895. The van der Waals surface area contributed by atoms with Crippen molar-refractivity contribution in [3.05, 3.63) is 29.8 Å². The maximum absolute atomic E-state index is 7.77. The van der Waals surface area contributed by atoms with Gasteiger partial charge in [-0.2, -0.15) is 0 Å². The molecule has 0 amide bonds. The average molecular weight is 273 g/mol. The summed E-state index contributed by atoms with van der Waals surface area (Å²) in [6.45, 7) is -6.01. The molecule has 1 saturated carbocycles. The molecule has 3 heteroatoms. The Hall–Kier alpha value is -1.06. The van der Waals surface area contributed by atoms with Gasteiger partial charge in [0, 0.05) is 20.7 Å². The van der Waals surface area contributed by atoms with Gasteiger partial charge in [-0.25, -0.2) is 0 Å². The van der Waals surface area contributed by atoms with Crippen LogP contribution in [0.15, 0.2) is 24.3 Å². The van der Waals surface area contributed by atoms with E-state index in [0.29, 0.717) is 29.7 Å². The van der Waals surface area contributed by atoms with Crippen LogP contribution in [0.5, 0.6) is 5.75 Å². The number of benzene rings is 1. The molecule has 106 valence electrons. The fraction of sp³-hybridized carbons (Fsp3) is 0.625. The third-order valence-corrected chi connectivity index (χ3v) is 3.85. The molecule has 0 bridgehead atoms. The molecular weight excluding hydrogens is 238 g/mol. The molecule has 1 aromatic rings. The van der Waals surface area contributed by atoms with Crippen LogP contribution in [-0.2, 0) is 5.60 Å². The summed E-state index contributed by atoms with van der Waals surface area (Å²) in [6, 6.07) is 6.12. The third kappa shape index (κ3) is 3.10. The molecule has 0 saturated heterocycles. The van der Waals surface area contributed by atoms with Gasteiger partial charge in [-0.15, -0.1) is 0 Å². The van der Waals surface area contributed by atoms with Crippen LogP contribution < -0.4 is 4.74 Å². The van der Waals surface area contributed by atoms with Gasteiger partial charge < -0.3 is 14.7 Å². The predicted octanol–water partition coefficient (Wildman–Crippen LogP) is 2.63. The highest BCUT2D eigenvalue weighted by Crippen LogP contribution is 2.42. The highest BCUT2D eigenvalue weighted by molar-refractivity contribution is 5.33. The smallest absolute Gasteiger partial charge is 0.211 e. The molecule has 0 spiro atoms. The summed E-state index contributed by atoms with van der Waals surface area (Å²) >= 11 is 0. The lowest BCUT2D eigenvalue weighted by atomic mass is 9.71. The number of methoxy groups -OCH3 is 1. The van der Waals surface area contributed by atoms with Crippen LogP contribution in [0.4, 0.5) is 0 Å². The number of ether oxygens (including phenoxy) is 1. The van der Waals surface area contributed by atoms with Gasteiger partial charge in [0.05, 0.1) is 16.8 Å². The first kappa shape index (κ1) is 6.15. The lowest BCUT2D eigenvalue weighted by Gasteiger charge is -2.41. The molecule has 1 fully saturated rings. The van der Waals surface area contributed by atoms with Crippen molar-refractivity contribution in [3.63, 3.8) is 0 Å². The van der Waals surface area contributed by atoms with Crippen molar-refractivity contribution in [2.24, 2.45) is 5.92 Å². The van der Waals surface area contributed by atoms with E-state index in [4.69, 9.17) is 23.6 Å². The summed E-state index contributed by atoms with van der Waals surface area (Å²) in [5.41, 5.74) is -0.823. The largest absolute Gasteiger partial charge is 0.497 e. The van der Waals surface area contributed by atoms with E-state index in [-0.39, 0.29) is 12.3 Å².